The molecular weight excluding hydrogens is 384 g/mol. The number of carbonyl (C=O) groups is 1. The van der Waals surface area contributed by atoms with Crippen molar-refractivity contribution in [1.82, 2.24) is 4.72 Å². The lowest BCUT2D eigenvalue weighted by molar-refractivity contribution is -0.885. The maximum atomic E-state index is 12.5. The Hall–Kier alpha value is -2.23. The molecule has 1 aromatic heterocycles. The summed E-state index contributed by atoms with van der Waals surface area (Å²) in [4.78, 5) is 17.6. The molecule has 1 amide bonds. The van der Waals surface area contributed by atoms with Crippen molar-refractivity contribution in [2.75, 3.05) is 25.5 Å². The highest BCUT2D eigenvalue weighted by Gasteiger charge is 2.19. The molecule has 1 aliphatic rings. The van der Waals surface area contributed by atoms with Gasteiger partial charge in [-0.25, -0.2) is 8.42 Å². The van der Waals surface area contributed by atoms with Gasteiger partial charge in [0, 0.05) is 24.2 Å². The van der Waals surface area contributed by atoms with Crippen LogP contribution in [0, 0.1) is 0 Å². The second-order valence-corrected chi connectivity index (χ2v) is 9.02. The molecule has 9 heteroatoms. The number of nitrogens with zero attached hydrogens (tertiary/aromatic N) is 1. The highest BCUT2D eigenvalue weighted by Crippen LogP contribution is 2.16. The Morgan fingerprint density at radius 2 is 2.19 bits per heavy atom. The number of sulfonamides is 1. The Balaban J connectivity index is 1.60. The van der Waals surface area contributed by atoms with Gasteiger partial charge in [-0.05, 0) is 41.4 Å². The molecule has 1 aromatic carbocycles. The number of aliphatic imine (C=N–C) groups is 1. The van der Waals surface area contributed by atoms with E-state index in [1.165, 1.54) is 17.7 Å². The number of likely N-dealkylation sites (N-methyl/N-ethyl adjacent to an activating group) is 1. The van der Waals surface area contributed by atoms with E-state index in [2.05, 4.69) is 20.4 Å². The summed E-state index contributed by atoms with van der Waals surface area (Å²) in [6.45, 7) is 1.70. The smallest absolute Gasteiger partial charge is 0.279 e. The zero-order valence-electron chi connectivity index (χ0n) is 15.1. The predicted molar refractivity (Wildman–Crippen MR) is 107 cm³/mol. The van der Waals surface area contributed by atoms with E-state index in [1.54, 1.807) is 23.5 Å². The van der Waals surface area contributed by atoms with Gasteiger partial charge in [0.05, 0.1) is 11.9 Å². The molecule has 27 heavy (non-hydrogen) atoms. The molecule has 0 radical (unpaired) electrons. The minimum absolute atomic E-state index is 0.105. The standard InChI is InChI=1S/C18H22N4O3S2/c1-22(11-14-7-9-26-13-14)12-18(23)20-15-4-2-5-16(10-15)27(24,25)21-17-6-3-8-19-17/h2,4-5,7,9-10,13H,3,6,8,11-12H2,1H3,(H,19,21)(H,20,23)/p+1. The molecule has 0 fully saturated rings. The number of rotatable bonds is 7. The fourth-order valence-corrected chi connectivity index (χ4v) is 4.66. The van der Waals surface area contributed by atoms with Gasteiger partial charge in [0.15, 0.2) is 6.54 Å². The number of nitrogens with one attached hydrogen (secondary N) is 3. The number of benzene rings is 1. The molecule has 0 saturated carbocycles. The van der Waals surface area contributed by atoms with Crippen LogP contribution in [0.3, 0.4) is 0 Å². The third-order valence-corrected chi connectivity index (χ3v) is 6.21. The summed E-state index contributed by atoms with van der Waals surface area (Å²) < 4.78 is 27.5. The molecule has 2 aromatic rings. The monoisotopic (exact) mass is 407 g/mol. The molecule has 1 atom stereocenters. The highest BCUT2D eigenvalue weighted by molar-refractivity contribution is 7.90. The summed E-state index contributed by atoms with van der Waals surface area (Å²) in [5.41, 5.74) is 1.65. The lowest BCUT2D eigenvalue weighted by Gasteiger charge is -2.14. The normalized spacial score (nSPS) is 15.2. The topological polar surface area (TPSA) is 92.1 Å². The Morgan fingerprint density at radius 3 is 2.89 bits per heavy atom. The first kappa shape index (κ1) is 19.5. The Kier molecular flexibility index (Phi) is 6.25. The number of quaternary nitrogens is 1. The van der Waals surface area contributed by atoms with Gasteiger partial charge in [-0.2, -0.15) is 11.3 Å². The van der Waals surface area contributed by atoms with E-state index < -0.39 is 10.0 Å². The third-order valence-electron chi connectivity index (χ3n) is 4.10. The first-order valence-electron chi connectivity index (χ1n) is 8.71. The molecule has 3 rings (SSSR count). The molecule has 0 saturated heterocycles. The third kappa shape index (κ3) is 5.62. The van der Waals surface area contributed by atoms with Gasteiger partial charge in [-0.3, -0.25) is 14.5 Å². The maximum absolute atomic E-state index is 12.5. The van der Waals surface area contributed by atoms with E-state index in [-0.39, 0.29) is 10.8 Å². The van der Waals surface area contributed by atoms with Crippen LogP contribution in [0.4, 0.5) is 5.69 Å². The van der Waals surface area contributed by atoms with Gasteiger partial charge in [0.1, 0.15) is 12.4 Å². The van der Waals surface area contributed by atoms with Gasteiger partial charge >= 0.3 is 0 Å². The molecule has 1 aliphatic heterocycles. The average molecular weight is 408 g/mol. The van der Waals surface area contributed by atoms with Crippen LogP contribution >= 0.6 is 11.3 Å². The van der Waals surface area contributed by atoms with Crippen molar-refractivity contribution in [3.63, 3.8) is 0 Å². The van der Waals surface area contributed by atoms with Crippen molar-refractivity contribution in [3.05, 3.63) is 46.7 Å². The largest absolute Gasteiger partial charge is 0.326 e. The van der Waals surface area contributed by atoms with E-state index >= 15 is 0 Å². The van der Waals surface area contributed by atoms with E-state index in [0.29, 0.717) is 31.0 Å². The SMILES string of the molecule is C[NH+](CC(=O)Nc1cccc(S(=O)(=O)NC2=NCCC2)c1)Cc1ccsc1. The minimum atomic E-state index is -3.70. The fourth-order valence-electron chi connectivity index (χ4n) is 2.86. The van der Waals surface area contributed by atoms with Crippen LogP contribution in [0.5, 0.6) is 0 Å². The number of hydrogen-bond donors (Lipinski definition) is 3. The van der Waals surface area contributed by atoms with Crippen LogP contribution in [0.1, 0.15) is 18.4 Å². The summed E-state index contributed by atoms with van der Waals surface area (Å²) >= 11 is 1.63. The molecule has 0 bridgehead atoms. The van der Waals surface area contributed by atoms with Gasteiger partial charge in [-0.1, -0.05) is 6.07 Å². The second kappa shape index (κ2) is 8.64. The summed E-state index contributed by atoms with van der Waals surface area (Å²) in [5, 5.41) is 6.86. The number of thiophene rings is 1. The number of anilines is 1. The van der Waals surface area contributed by atoms with Crippen LogP contribution in [-0.2, 0) is 21.4 Å². The number of amides is 1. The summed E-state index contributed by atoms with van der Waals surface area (Å²) in [7, 11) is -1.75. The minimum Gasteiger partial charge on any atom is -0.326 e. The lowest BCUT2D eigenvalue weighted by atomic mass is 10.3. The number of hydrogen-bond acceptors (Lipinski definition) is 5. The molecule has 7 nitrogen and oxygen atoms in total. The predicted octanol–water partition coefficient (Wildman–Crippen LogP) is 0.872. The molecular formula is C18H23N4O3S2+. The first-order valence-corrected chi connectivity index (χ1v) is 11.1. The zero-order valence-corrected chi connectivity index (χ0v) is 16.7. The van der Waals surface area contributed by atoms with Crippen molar-refractivity contribution >= 4 is 38.8 Å². The van der Waals surface area contributed by atoms with E-state index in [0.717, 1.165) is 17.9 Å². The lowest BCUT2D eigenvalue weighted by Crippen LogP contribution is -3.08. The van der Waals surface area contributed by atoms with Crippen LogP contribution < -0.4 is 14.9 Å². The summed E-state index contributed by atoms with van der Waals surface area (Å²) in [5.74, 6) is 0.327. The van der Waals surface area contributed by atoms with Crippen LogP contribution in [-0.4, -0.2) is 40.3 Å². The first-order chi connectivity index (χ1) is 12.9. The van der Waals surface area contributed by atoms with Gasteiger partial charge < -0.3 is 10.2 Å². The van der Waals surface area contributed by atoms with E-state index in [1.807, 2.05) is 18.5 Å². The van der Waals surface area contributed by atoms with Gasteiger partial charge in [-0.15, -0.1) is 0 Å². The van der Waals surface area contributed by atoms with Crippen LogP contribution in [0.25, 0.3) is 0 Å². The van der Waals surface area contributed by atoms with Crippen molar-refractivity contribution < 1.29 is 18.1 Å². The summed E-state index contributed by atoms with van der Waals surface area (Å²) in [6.07, 6.45) is 1.49. The van der Waals surface area contributed by atoms with Gasteiger partial charge in [0.25, 0.3) is 15.9 Å². The quantitative estimate of drug-likeness (QED) is 0.636. The second-order valence-electron chi connectivity index (χ2n) is 6.56. The molecule has 3 N–H and O–H groups in total. The molecule has 1 unspecified atom stereocenters. The Labute approximate surface area is 163 Å². The Bertz CT molecular complexity index is 924. The van der Waals surface area contributed by atoms with Gasteiger partial charge in [0.2, 0.25) is 0 Å². The van der Waals surface area contributed by atoms with Crippen LogP contribution in [0.2, 0.25) is 0 Å². The molecule has 0 spiro atoms. The fraction of sp³-hybridized carbons (Fsp3) is 0.333. The highest BCUT2D eigenvalue weighted by atomic mass is 32.2. The summed E-state index contributed by atoms with van der Waals surface area (Å²) in [6, 6.07) is 8.30. The molecule has 0 aliphatic carbocycles. The molecule has 2 heterocycles. The zero-order chi connectivity index (χ0) is 19.3. The van der Waals surface area contributed by atoms with Crippen molar-refractivity contribution in [1.29, 1.82) is 0 Å². The van der Waals surface area contributed by atoms with Crippen molar-refractivity contribution in [3.8, 4) is 0 Å². The number of carbonyl (C=O) groups excluding carboxylic acids is 1. The van der Waals surface area contributed by atoms with Crippen molar-refractivity contribution in [2.24, 2.45) is 4.99 Å². The maximum Gasteiger partial charge on any atom is 0.279 e. The Morgan fingerprint density at radius 1 is 1.33 bits per heavy atom. The average Bonchev–Trinajstić information content (AvgIpc) is 3.28. The van der Waals surface area contributed by atoms with Crippen molar-refractivity contribution in [2.45, 2.75) is 24.3 Å². The van der Waals surface area contributed by atoms with E-state index in [9.17, 15) is 13.2 Å². The number of amidine groups is 1. The van der Waals surface area contributed by atoms with E-state index in [4.69, 9.17) is 0 Å². The molecule has 144 valence electrons. The van der Waals surface area contributed by atoms with Crippen LogP contribution in [0.15, 0.2) is 51.0 Å².